The van der Waals surface area contributed by atoms with E-state index in [1.165, 1.54) is 0 Å². The number of aromatic nitrogens is 3. The highest BCUT2D eigenvalue weighted by Gasteiger charge is 2.24. The summed E-state index contributed by atoms with van der Waals surface area (Å²) >= 11 is 10.1. The molecule has 168 valence electrons. The number of hydrogen-bond acceptors (Lipinski definition) is 6. The van der Waals surface area contributed by atoms with Crippen LogP contribution < -0.4 is 21.5 Å². The van der Waals surface area contributed by atoms with Gasteiger partial charge in [0.15, 0.2) is 0 Å². The second kappa shape index (κ2) is 8.65. The molecule has 1 aliphatic heterocycles. The molecular formula is C23H26BrClN6O. The number of hydrogen-bond donors (Lipinski definition) is 2. The Morgan fingerprint density at radius 1 is 1.25 bits per heavy atom. The van der Waals surface area contributed by atoms with E-state index in [4.69, 9.17) is 22.3 Å². The van der Waals surface area contributed by atoms with Gasteiger partial charge in [-0.15, -0.1) is 0 Å². The number of nitrogens with two attached hydrogens (primary N) is 1. The molecule has 32 heavy (non-hydrogen) atoms. The first-order chi connectivity index (χ1) is 15.4. The molecule has 0 spiro atoms. The van der Waals surface area contributed by atoms with Gasteiger partial charge < -0.3 is 16.0 Å². The van der Waals surface area contributed by atoms with Crippen LogP contribution in [0.4, 0.5) is 17.3 Å². The highest BCUT2D eigenvalue weighted by atomic mass is 79.9. The third-order valence-corrected chi connectivity index (χ3v) is 7.83. The standard InChI is InChI=1S/C23H26BrClN6O/c1-13-17-11-27-23(29-21(17)31(22(32)20(13)24)16-4-2-3-5-16)28-15-6-7-19(18(25)10-15)30-9-8-14(26)12-30/h6-7,10-11,14,16H,2-5,8-9,12,26H2,1H3,(H,27,28,29). The second-order valence-corrected chi connectivity index (χ2v) is 9.97. The lowest BCUT2D eigenvalue weighted by Gasteiger charge is -2.20. The van der Waals surface area contributed by atoms with Crippen LogP contribution in [0.5, 0.6) is 0 Å². The number of rotatable bonds is 4. The lowest BCUT2D eigenvalue weighted by Crippen LogP contribution is -2.26. The van der Waals surface area contributed by atoms with Crippen molar-refractivity contribution < 1.29 is 0 Å². The summed E-state index contributed by atoms with van der Waals surface area (Å²) in [6.07, 6.45) is 7.01. The topological polar surface area (TPSA) is 89.1 Å². The average molecular weight is 518 g/mol. The number of nitrogens with one attached hydrogen (secondary N) is 1. The van der Waals surface area contributed by atoms with E-state index in [-0.39, 0.29) is 17.6 Å². The number of pyridine rings is 1. The first-order valence-corrected chi connectivity index (χ1v) is 12.2. The summed E-state index contributed by atoms with van der Waals surface area (Å²) in [6.45, 7) is 3.65. The molecule has 1 unspecified atom stereocenters. The van der Waals surface area contributed by atoms with Gasteiger partial charge in [0.2, 0.25) is 5.95 Å². The molecule has 9 heteroatoms. The zero-order chi connectivity index (χ0) is 22.4. The molecular weight excluding hydrogens is 492 g/mol. The Hall–Kier alpha value is -2.16. The predicted molar refractivity (Wildman–Crippen MR) is 133 cm³/mol. The Morgan fingerprint density at radius 3 is 2.72 bits per heavy atom. The first-order valence-electron chi connectivity index (χ1n) is 11.1. The highest BCUT2D eigenvalue weighted by Crippen LogP contribution is 2.34. The van der Waals surface area contributed by atoms with Gasteiger partial charge in [-0.3, -0.25) is 9.36 Å². The summed E-state index contributed by atoms with van der Waals surface area (Å²) in [5, 5.41) is 4.80. The van der Waals surface area contributed by atoms with Crippen LogP contribution in [-0.4, -0.2) is 33.7 Å². The van der Waals surface area contributed by atoms with Gasteiger partial charge in [-0.1, -0.05) is 24.4 Å². The summed E-state index contributed by atoms with van der Waals surface area (Å²) in [5.41, 5.74) is 9.33. The van der Waals surface area contributed by atoms with Crippen molar-refractivity contribution in [1.82, 2.24) is 14.5 Å². The van der Waals surface area contributed by atoms with Gasteiger partial charge in [-0.25, -0.2) is 4.98 Å². The molecule has 0 amide bonds. The van der Waals surface area contributed by atoms with Gasteiger partial charge in [0.1, 0.15) is 5.65 Å². The third kappa shape index (κ3) is 3.89. The monoisotopic (exact) mass is 516 g/mol. The maximum absolute atomic E-state index is 13.1. The number of fused-ring (bicyclic) bond motifs is 1. The van der Waals surface area contributed by atoms with Crippen molar-refractivity contribution in [2.75, 3.05) is 23.3 Å². The fraction of sp³-hybridized carbons (Fsp3) is 0.435. The molecule has 1 saturated carbocycles. The SMILES string of the molecule is Cc1c(Br)c(=O)n(C2CCCC2)c2nc(Nc3ccc(N4CCC(N)C4)c(Cl)c3)ncc12. The van der Waals surface area contributed by atoms with Crippen molar-refractivity contribution in [2.45, 2.75) is 51.1 Å². The molecule has 7 nitrogen and oxygen atoms in total. The van der Waals surface area contributed by atoms with Gasteiger partial charge in [-0.05, 0) is 65.9 Å². The summed E-state index contributed by atoms with van der Waals surface area (Å²) in [5.74, 6) is 0.442. The van der Waals surface area contributed by atoms with E-state index >= 15 is 0 Å². The molecule has 1 saturated heterocycles. The number of benzene rings is 1. The molecule has 3 heterocycles. The van der Waals surface area contributed by atoms with E-state index in [2.05, 4.69) is 31.1 Å². The fourth-order valence-electron chi connectivity index (χ4n) is 4.84. The van der Waals surface area contributed by atoms with Crippen LogP contribution in [0.2, 0.25) is 5.02 Å². The van der Waals surface area contributed by atoms with E-state index in [0.717, 1.165) is 67.5 Å². The fourth-order valence-corrected chi connectivity index (χ4v) is 5.54. The lowest BCUT2D eigenvalue weighted by atomic mass is 10.1. The number of aryl methyl sites for hydroxylation is 1. The van der Waals surface area contributed by atoms with Crippen molar-refractivity contribution >= 4 is 55.9 Å². The molecule has 0 bridgehead atoms. The van der Waals surface area contributed by atoms with E-state index in [1.807, 2.05) is 29.7 Å². The van der Waals surface area contributed by atoms with Gasteiger partial charge >= 0.3 is 0 Å². The number of nitrogens with zero attached hydrogens (tertiary/aromatic N) is 4. The molecule has 2 aromatic heterocycles. The Kier molecular flexibility index (Phi) is 5.86. The zero-order valence-electron chi connectivity index (χ0n) is 17.9. The lowest BCUT2D eigenvalue weighted by molar-refractivity contribution is 0.514. The highest BCUT2D eigenvalue weighted by molar-refractivity contribution is 9.10. The quantitative estimate of drug-likeness (QED) is 0.511. The molecule has 1 atom stereocenters. The maximum Gasteiger partial charge on any atom is 0.267 e. The minimum Gasteiger partial charge on any atom is -0.369 e. The van der Waals surface area contributed by atoms with E-state index in [0.29, 0.717) is 21.1 Å². The largest absolute Gasteiger partial charge is 0.369 e. The van der Waals surface area contributed by atoms with Crippen molar-refractivity contribution in [2.24, 2.45) is 5.73 Å². The van der Waals surface area contributed by atoms with Crippen LogP contribution >= 0.6 is 27.5 Å². The molecule has 5 rings (SSSR count). The Morgan fingerprint density at radius 2 is 2.03 bits per heavy atom. The number of halogens is 2. The van der Waals surface area contributed by atoms with Crippen LogP contribution in [0.25, 0.3) is 11.0 Å². The normalized spacial score (nSPS) is 19.2. The number of anilines is 3. The van der Waals surface area contributed by atoms with E-state index < -0.39 is 0 Å². The van der Waals surface area contributed by atoms with E-state index in [9.17, 15) is 4.79 Å². The smallest absolute Gasteiger partial charge is 0.267 e. The van der Waals surface area contributed by atoms with Gasteiger partial charge in [0.05, 0.1) is 15.2 Å². The molecule has 1 aromatic carbocycles. The molecule has 2 fully saturated rings. The van der Waals surface area contributed by atoms with Crippen molar-refractivity contribution in [3.63, 3.8) is 0 Å². The van der Waals surface area contributed by atoms with Crippen LogP contribution in [0.15, 0.2) is 33.7 Å². The van der Waals surface area contributed by atoms with Crippen molar-refractivity contribution in [3.8, 4) is 0 Å². The minimum absolute atomic E-state index is 0.0252. The van der Waals surface area contributed by atoms with Gasteiger partial charge in [-0.2, -0.15) is 4.98 Å². The first kappa shape index (κ1) is 21.7. The summed E-state index contributed by atoms with van der Waals surface area (Å²) < 4.78 is 2.43. The molecule has 3 aromatic rings. The van der Waals surface area contributed by atoms with Crippen LogP contribution in [0, 0.1) is 6.92 Å². The Bertz CT molecular complexity index is 1240. The van der Waals surface area contributed by atoms with Crippen molar-refractivity contribution in [1.29, 1.82) is 0 Å². The second-order valence-electron chi connectivity index (χ2n) is 8.77. The van der Waals surface area contributed by atoms with Crippen LogP contribution in [-0.2, 0) is 0 Å². The minimum atomic E-state index is -0.0252. The average Bonchev–Trinajstić information content (AvgIpc) is 3.45. The summed E-state index contributed by atoms with van der Waals surface area (Å²) in [7, 11) is 0. The third-order valence-electron chi connectivity index (χ3n) is 6.60. The van der Waals surface area contributed by atoms with Crippen molar-refractivity contribution in [3.05, 3.63) is 49.8 Å². The maximum atomic E-state index is 13.1. The van der Waals surface area contributed by atoms with E-state index in [1.54, 1.807) is 6.20 Å². The van der Waals surface area contributed by atoms with Crippen LogP contribution in [0.3, 0.4) is 0 Å². The Balaban J connectivity index is 1.50. The predicted octanol–water partition coefficient (Wildman–Crippen LogP) is 4.91. The summed E-state index contributed by atoms with van der Waals surface area (Å²) in [6, 6.07) is 6.21. The molecule has 3 N–H and O–H groups in total. The van der Waals surface area contributed by atoms with Gasteiger partial charge in [0.25, 0.3) is 5.56 Å². The zero-order valence-corrected chi connectivity index (χ0v) is 20.3. The summed E-state index contributed by atoms with van der Waals surface area (Å²) in [4.78, 5) is 24.6. The Labute approximate surface area is 200 Å². The van der Waals surface area contributed by atoms with Crippen LogP contribution in [0.1, 0.15) is 43.7 Å². The molecule has 2 aliphatic rings. The molecule has 0 radical (unpaired) electrons. The molecule has 1 aliphatic carbocycles. The van der Waals surface area contributed by atoms with Gasteiger partial charge in [0, 0.05) is 42.4 Å².